The number of nitrogens with zero attached hydrogens (tertiary/aromatic N) is 2. The Bertz CT molecular complexity index is 1140. The summed E-state index contributed by atoms with van der Waals surface area (Å²) in [4.78, 5) is 4.62. The third-order valence-electron chi connectivity index (χ3n) is 4.62. The van der Waals surface area contributed by atoms with Crippen LogP contribution in [0.3, 0.4) is 0 Å². The van der Waals surface area contributed by atoms with E-state index in [0.717, 1.165) is 33.5 Å². The van der Waals surface area contributed by atoms with Crippen LogP contribution in [0.1, 0.15) is 11.1 Å². The maximum Gasteiger partial charge on any atom is 0.0991 e. The van der Waals surface area contributed by atoms with Crippen LogP contribution in [0.2, 0.25) is 0 Å². The van der Waals surface area contributed by atoms with Crippen molar-refractivity contribution >= 4 is 0 Å². The van der Waals surface area contributed by atoms with E-state index in [2.05, 4.69) is 60.4 Å². The zero-order valence-electron chi connectivity index (χ0n) is 15.1. The molecule has 0 aliphatic heterocycles. The Morgan fingerprint density at radius 1 is 0.741 bits per heavy atom. The molecule has 4 aromatic rings. The number of benzene rings is 3. The minimum absolute atomic E-state index is 0.653. The summed E-state index contributed by atoms with van der Waals surface area (Å²) < 4.78 is 0. The van der Waals surface area contributed by atoms with Gasteiger partial charge in [0.25, 0.3) is 0 Å². The number of hydrogen-bond acceptors (Lipinski definition) is 2. The van der Waals surface area contributed by atoms with Gasteiger partial charge >= 0.3 is 0 Å². The average molecular weight is 346 g/mol. The van der Waals surface area contributed by atoms with Crippen LogP contribution in [0.5, 0.6) is 0 Å². The average Bonchev–Trinajstić information content (AvgIpc) is 2.74. The zero-order chi connectivity index (χ0) is 18.6. The van der Waals surface area contributed by atoms with Gasteiger partial charge in [0.1, 0.15) is 0 Å². The molecule has 0 atom stereocenters. The number of aromatic nitrogens is 1. The lowest BCUT2D eigenvalue weighted by Gasteiger charge is -2.16. The van der Waals surface area contributed by atoms with Crippen molar-refractivity contribution in [3.8, 4) is 39.6 Å². The monoisotopic (exact) mass is 346 g/mol. The maximum atomic E-state index is 9.30. The number of hydrogen-bond donors (Lipinski definition) is 0. The number of rotatable bonds is 3. The summed E-state index contributed by atoms with van der Waals surface area (Å²) in [5.74, 6) is 0. The second-order valence-electron chi connectivity index (χ2n) is 6.51. The lowest BCUT2D eigenvalue weighted by atomic mass is 9.89. The zero-order valence-corrected chi connectivity index (χ0v) is 15.1. The van der Waals surface area contributed by atoms with Crippen molar-refractivity contribution in [3.63, 3.8) is 0 Å². The minimum Gasteiger partial charge on any atom is -0.256 e. The van der Waals surface area contributed by atoms with Crippen LogP contribution in [0.4, 0.5) is 0 Å². The van der Waals surface area contributed by atoms with E-state index >= 15 is 0 Å². The molecular formula is C25H18N2. The van der Waals surface area contributed by atoms with E-state index in [0.29, 0.717) is 5.56 Å². The van der Waals surface area contributed by atoms with Crippen LogP contribution in [0.25, 0.3) is 33.5 Å². The van der Waals surface area contributed by atoms with Gasteiger partial charge in [0, 0.05) is 11.8 Å². The highest BCUT2D eigenvalue weighted by Crippen LogP contribution is 2.39. The van der Waals surface area contributed by atoms with Crippen molar-refractivity contribution in [1.82, 2.24) is 4.98 Å². The van der Waals surface area contributed by atoms with E-state index < -0.39 is 0 Å². The summed E-state index contributed by atoms with van der Waals surface area (Å²) >= 11 is 0. The smallest absolute Gasteiger partial charge is 0.0991 e. The van der Waals surface area contributed by atoms with Gasteiger partial charge in [0.15, 0.2) is 0 Å². The molecule has 4 rings (SSSR count). The number of pyridine rings is 1. The fraction of sp³-hybridized carbons (Fsp3) is 0.0400. The van der Waals surface area contributed by atoms with Gasteiger partial charge < -0.3 is 0 Å². The summed E-state index contributed by atoms with van der Waals surface area (Å²) in [6.45, 7) is 2.10. The summed E-state index contributed by atoms with van der Waals surface area (Å²) in [5.41, 5.74) is 8.27. The Labute approximate surface area is 159 Å². The molecule has 3 aromatic carbocycles. The molecule has 0 radical (unpaired) electrons. The first-order valence-corrected chi connectivity index (χ1v) is 8.88. The van der Waals surface area contributed by atoms with Gasteiger partial charge in [-0.3, -0.25) is 4.98 Å². The van der Waals surface area contributed by atoms with Gasteiger partial charge in [0.05, 0.1) is 17.3 Å². The highest BCUT2D eigenvalue weighted by atomic mass is 14.7. The van der Waals surface area contributed by atoms with Gasteiger partial charge in [-0.25, -0.2) is 0 Å². The Hall–Kier alpha value is -3.70. The third-order valence-corrected chi connectivity index (χ3v) is 4.62. The molecule has 0 aliphatic carbocycles. The fourth-order valence-electron chi connectivity index (χ4n) is 3.39. The lowest BCUT2D eigenvalue weighted by molar-refractivity contribution is 1.32. The SMILES string of the molecule is Cc1cccc(-c2cccc(-c3cccc(C#N)c3)c2-c2ccccn2)c1. The molecule has 1 heterocycles. The second kappa shape index (κ2) is 7.27. The quantitative estimate of drug-likeness (QED) is 0.439. The van der Waals surface area contributed by atoms with Crippen molar-refractivity contribution in [2.24, 2.45) is 0 Å². The van der Waals surface area contributed by atoms with Gasteiger partial charge in [-0.15, -0.1) is 0 Å². The summed E-state index contributed by atoms with van der Waals surface area (Å²) in [6, 6.07) is 30.7. The molecule has 27 heavy (non-hydrogen) atoms. The van der Waals surface area contributed by atoms with E-state index in [1.165, 1.54) is 5.56 Å². The van der Waals surface area contributed by atoms with Crippen LogP contribution < -0.4 is 0 Å². The van der Waals surface area contributed by atoms with Crippen molar-refractivity contribution in [1.29, 1.82) is 5.26 Å². The molecule has 2 nitrogen and oxygen atoms in total. The van der Waals surface area contributed by atoms with Crippen LogP contribution in [-0.4, -0.2) is 4.98 Å². The largest absolute Gasteiger partial charge is 0.256 e. The van der Waals surface area contributed by atoms with Crippen LogP contribution in [0, 0.1) is 18.3 Å². The summed E-state index contributed by atoms with van der Waals surface area (Å²) in [5, 5.41) is 9.30. The van der Waals surface area contributed by atoms with Gasteiger partial charge in [-0.2, -0.15) is 5.26 Å². The maximum absolute atomic E-state index is 9.30. The number of nitriles is 1. The predicted octanol–water partition coefficient (Wildman–Crippen LogP) is 6.26. The second-order valence-corrected chi connectivity index (χ2v) is 6.51. The standard InChI is InChI=1S/C25H18N2/c1-18-7-4-9-20(15-18)22-11-6-12-23(21-10-5-8-19(16-21)17-26)25(22)24-13-2-3-14-27-24/h2-16H,1H3. The summed E-state index contributed by atoms with van der Waals surface area (Å²) in [7, 11) is 0. The molecule has 2 heteroatoms. The minimum atomic E-state index is 0.653. The first-order chi connectivity index (χ1) is 13.3. The molecule has 0 saturated heterocycles. The number of aryl methyl sites for hydroxylation is 1. The molecule has 0 fully saturated rings. The molecule has 0 spiro atoms. The Balaban J connectivity index is 2.03. The Kier molecular flexibility index (Phi) is 4.51. The molecular weight excluding hydrogens is 328 g/mol. The van der Waals surface area contributed by atoms with E-state index in [1.807, 2.05) is 48.7 Å². The van der Waals surface area contributed by atoms with Crippen LogP contribution in [-0.2, 0) is 0 Å². The van der Waals surface area contributed by atoms with Crippen molar-refractivity contribution < 1.29 is 0 Å². The van der Waals surface area contributed by atoms with E-state index in [1.54, 1.807) is 0 Å². The van der Waals surface area contributed by atoms with Gasteiger partial charge in [0.2, 0.25) is 0 Å². The first kappa shape index (κ1) is 16.8. The topological polar surface area (TPSA) is 36.7 Å². The highest BCUT2D eigenvalue weighted by molar-refractivity contribution is 5.93. The predicted molar refractivity (Wildman–Crippen MR) is 110 cm³/mol. The third kappa shape index (κ3) is 3.36. The van der Waals surface area contributed by atoms with E-state index in [4.69, 9.17) is 0 Å². The van der Waals surface area contributed by atoms with Crippen molar-refractivity contribution in [2.75, 3.05) is 0 Å². The summed E-state index contributed by atoms with van der Waals surface area (Å²) in [6.07, 6.45) is 1.82. The molecule has 1 aromatic heterocycles. The molecule has 0 saturated carbocycles. The van der Waals surface area contributed by atoms with E-state index in [9.17, 15) is 5.26 Å². The molecule has 0 aliphatic rings. The molecule has 0 unspecified atom stereocenters. The normalized spacial score (nSPS) is 10.4. The molecule has 0 N–H and O–H groups in total. The van der Waals surface area contributed by atoms with Crippen molar-refractivity contribution in [3.05, 3.63) is 102 Å². The van der Waals surface area contributed by atoms with E-state index in [-0.39, 0.29) is 0 Å². The Morgan fingerprint density at radius 3 is 2.11 bits per heavy atom. The fourth-order valence-corrected chi connectivity index (χ4v) is 3.39. The van der Waals surface area contributed by atoms with Gasteiger partial charge in [-0.1, -0.05) is 66.2 Å². The first-order valence-electron chi connectivity index (χ1n) is 8.88. The van der Waals surface area contributed by atoms with Gasteiger partial charge in [-0.05, 0) is 53.4 Å². The highest BCUT2D eigenvalue weighted by Gasteiger charge is 2.15. The molecule has 0 bridgehead atoms. The van der Waals surface area contributed by atoms with Crippen molar-refractivity contribution in [2.45, 2.75) is 6.92 Å². The van der Waals surface area contributed by atoms with Crippen LogP contribution in [0.15, 0.2) is 91.1 Å². The Morgan fingerprint density at radius 2 is 1.44 bits per heavy atom. The lowest BCUT2D eigenvalue weighted by Crippen LogP contribution is -1.93. The molecule has 128 valence electrons. The van der Waals surface area contributed by atoms with Crippen LogP contribution >= 0.6 is 0 Å². The molecule has 0 amide bonds.